The van der Waals surface area contributed by atoms with Gasteiger partial charge in [-0.05, 0) is 13.8 Å². The predicted octanol–water partition coefficient (Wildman–Crippen LogP) is 2.43. The van der Waals surface area contributed by atoms with Crippen LogP contribution in [0, 0.1) is 11.6 Å². The summed E-state index contributed by atoms with van der Waals surface area (Å²) in [5.41, 5.74) is 0.680. The molecule has 1 aromatic heterocycles. The van der Waals surface area contributed by atoms with Gasteiger partial charge in [-0.3, -0.25) is 9.88 Å². The molecule has 5 nitrogen and oxygen atoms in total. The van der Waals surface area contributed by atoms with Gasteiger partial charge in [-0.2, -0.15) is 0 Å². The van der Waals surface area contributed by atoms with E-state index in [4.69, 9.17) is 4.74 Å². The molecule has 2 heterocycles. The van der Waals surface area contributed by atoms with Crippen molar-refractivity contribution in [3.05, 3.63) is 30.0 Å². The number of aromatic nitrogens is 2. The SMILES string of the molecule is CC1(C)COCCN1CCNc1cnc2cc(F)c(F)cc2n1. The van der Waals surface area contributed by atoms with Gasteiger partial charge in [0.25, 0.3) is 0 Å². The molecule has 0 unspecified atom stereocenters. The van der Waals surface area contributed by atoms with Crippen LogP contribution in [0.1, 0.15) is 13.8 Å². The van der Waals surface area contributed by atoms with Crippen molar-refractivity contribution >= 4 is 16.9 Å². The van der Waals surface area contributed by atoms with Crippen LogP contribution < -0.4 is 5.32 Å². The molecule has 1 aliphatic heterocycles. The second kappa shape index (κ2) is 6.33. The monoisotopic (exact) mass is 322 g/mol. The van der Waals surface area contributed by atoms with Crippen LogP contribution in [-0.4, -0.2) is 53.3 Å². The molecule has 0 amide bonds. The molecule has 23 heavy (non-hydrogen) atoms. The molecule has 0 radical (unpaired) electrons. The van der Waals surface area contributed by atoms with E-state index >= 15 is 0 Å². The standard InChI is InChI=1S/C16H20F2N4O/c1-16(2)10-23-6-5-22(16)4-3-19-15-9-20-13-7-11(17)12(18)8-14(13)21-15/h7-9H,3-6,10H2,1-2H3,(H,19,21). The first-order valence-corrected chi connectivity index (χ1v) is 7.64. The minimum atomic E-state index is -0.918. The molecule has 0 saturated carbocycles. The van der Waals surface area contributed by atoms with Gasteiger partial charge in [-0.1, -0.05) is 0 Å². The molecular formula is C16H20F2N4O. The lowest BCUT2D eigenvalue weighted by atomic mass is 10.0. The number of benzene rings is 1. The quantitative estimate of drug-likeness (QED) is 0.937. The van der Waals surface area contributed by atoms with E-state index in [-0.39, 0.29) is 5.54 Å². The first-order valence-electron chi connectivity index (χ1n) is 7.64. The highest BCUT2D eigenvalue weighted by molar-refractivity contribution is 5.75. The molecule has 1 aliphatic rings. The molecule has 0 bridgehead atoms. The second-order valence-electron chi connectivity index (χ2n) is 6.29. The fourth-order valence-electron chi connectivity index (χ4n) is 2.72. The van der Waals surface area contributed by atoms with E-state index in [2.05, 4.69) is 34.0 Å². The fraction of sp³-hybridized carbons (Fsp3) is 0.500. The van der Waals surface area contributed by atoms with E-state index in [9.17, 15) is 8.78 Å². The molecule has 0 aliphatic carbocycles. The van der Waals surface area contributed by atoms with Crippen LogP contribution in [0.3, 0.4) is 0 Å². The summed E-state index contributed by atoms with van der Waals surface area (Å²) in [6, 6.07) is 2.12. The van der Waals surface area contributed by atoms with Gasteiger partial charge >= 0.3 is 0 Å². The molecule has 1 saturated heterocycles. The average Bonchev–Trinajstić information content (AvgIpc) is 2.50. The number of nitrogens with one attached hydrogen (secondary N) is 1. The predicted molar refractivity (Wildman–Crippen MR) is 84.4 cm³/mol. The zero-order chi connectivity index (χ0) is 16.4. The Hall–Kier alpha value is -1.86. The fourth-order valence-corrected chi connectivity index (χ4v) is 2.72. The van der Waals surface area contributed by atoms with Gasteiger partial charge in [0.2, 0.25) is 0 Å². The number of rotatable bonds is 4. The topological polar surface area (TPSA) is 50.3 Å². The summed E-state index contributed by atoms with van der Waals surface area (Å²) in [5, 5.41) is 3.18. The Morgan fingerprint density at radius 1 is 1.26 bits per heavy atom. The number of halogens is 2. The van der Waals surface area contributed by atoms with Crippen molar-refractivity contribution in [2.24, 2.45) is 0 Å². The minimum absolute atomic E-state index is 0.00957. The van der Waals surface area contributed by atoms with E-state index in [0.717, 1.165) is 31.8 Å². The lowest BCUT2D eigenvalue weighted by Crippen LogP contribution is -2.54. The number of fused-ring (bicyclic) bond motifs is 1. The third-order valence-electron chi connectivity index (χ3n) is 4.09. The van der Waals surface area contributed by atoms with Crippen LogP contribution in [-0.2, 0) is 4.74 Å². The minimum Gasteiger partial charge on any atom is -0.378 e. The van der Waals surface area contributed by atoms with E-state index < -0.39 is 11.6 Å². The van der Waals surface area contributed by atoms with Crippen LogP contribution in [0.5, 0.6) is 0 Å². The Morgan fingerprint density at radius 2 is 2.00 bits per heavy atom. The van der Waals surface area contributed by atoms with Crippen LogP contribution in [0.4, 0.5) is 14.6 Å². The van der Waals surface area contributed by atoms with Crippen molar-refractivity contribution < 1.29 is 13.5 Å². The number of morpholine rings is 1. The zero-order valence-electron chi connectivity index (χ0n) is 13.3. The highest BCUT2D eigenvalue weighted by Gasteiger charge is 2.29. The van der Waals surface area contributed by atoms with Gasteiger partial charge in [0.1, 0.15) is 5.82 Å². The Morgan fingerprint density at radius 3 is 2.74 bits per heavy atom. The third kappa shape index (κ3) is 3.56. The summed E-state index contributed by atoms with van der Waals surface area (Å²) in [7, 11) is 0. The first-order chi connectivity index (χ1) is 11.0. The first kappa shape index (κ1) is 16.0. The second-order valence-corrected chi connectivity index (χ2v) is 6.29. The lowest BCUT2D eigenvalue weighted by molar-refractivity contribution is -0.0487. The summed E-state index contributed by atoms with van der Waals surface area (Å²) in [4.78, 5) is 10.7. The smallest absolute Gasteiger partial charge is 0.161 e. The van der Waals surface area contributed by atoms with Crippen LogP contribution in [0.2, 0.25) is 0 Å². The number of ether oxygens (including phenoxy) is 1. The molecule has 124 valence electrons. The van der Waals surface area contributed by atoms with Crippen LogP contribution in [0.25, 0.3) is 11.0 Å². The van der Waals surface area contributed by atoms with Gasteiger partial charge in [-0.25, -0.2) is 13.8 Å². The van der Waals surface area contributed by atoms with Gasteiger partial charge in [-0.15, -0.1) is 0 Å². The van der Waals surface area contributed by atoms with Crippen molar-refractivity contribution in [3.63, 3.8) is 0 Å². The number of hydrogen-bond donors (Lipinski definition) is 1. The Bertz CT molecular complexity index is 708. The van der Waals surface area contributed by atoms with Crippen molar-refractivity contribution in [1.82, 2.24) is 14.9 Å². The largest absolute Gasteiger partial charge is 0.378 e. The van der Waals surface area contributed by atoms with Crippen molar-refractivity contribution in [1.29, 1.82) is 0 Å². The average molecular weight is 322 g/mol. The maximum absolute atomic E-state index is 13.3. The molecule has 1 N–H and O–H groups in total. The molecule has 1 aromatic carbocycles. The molecule has 7 heteroatoms. The molecule has 2 aromatic rings. The highest BCUT2D eigenvalue weighted by Crippen LogP contribution is 2.19. The summed E-state index contributed by atoms with van der Waals surface area (Å²) in [6.07, 6.45) is 1.53. The van der Waals surface area contributed by atoms with Gasteiger partial charge in [0.05, 0.1) is 30.4 Å². The highest BCUT2D eigenvalue weighted by atomic mass is 19.2. The summed E-state index contributed by atoms with van der Waals surface area (Å²) >= 11 is 0. The maximum Gasteiger partial charge on any atom is 0.161 e. The lowest BCUT2D eigenvalue weighted by Gasteiger charge is -2.42. The maximum atomic E-state index is 13.3. The molecular weight excluding hydrogens is 302 g/mol. The van der Waals surface area contributed by atoms with Crippen molar-refractivity contribution in [3.8, 4) is 0 Å². The van der Waals surface area contributed by atoms with Crippen molar-refractivity contribution in [2.75, 3.05) is 38.2 Å². The molecule has 3 rings (SSSR count). The molecule has 0 spiro atoms. The Labute approximate surface area is 133 Å². The summed E-state index contributed by atoms with van der Waals surface area (Å²) < 4.78 is 31.9. The Kier molecular flexibility index (Phi) is 4.41. The number of anilines is 1. The summed E-state index contributed by atoms with van der Waals surface area (Å²) in [6.45, 7) is 8.18. The van der Waals surface area contributed by atoms with E-state index in [1.54, 1.807) is 0 Å². The normalized spacial score (nSPS) is 18.3. The molecule has 0 atom stereocenters. The van der Waals surface area contributed by atoms with E-state index in [1.807, 2.05) is 0 Å². The molecule has 1 fully saturated rings. The summed E-state index contributed by atoms with van der Waals surface area (Å²) in [5.74, 6) is -1.28. The zero-order valence-corrected chi connectivity index (χ0v) is 13.3. The van der Waals surface area contributed by atoms with Gasteiger partial charge in [0.15, 0.2) is 11.6 Å². The number of nitrogens with zero attached hydrogens (tertiary/aromatic N) is 3. The van der Waals surface area contributed by atoms with E-state index in [1.165, 1.54) is 6.20 Å². The van der Waals surface area contributed by atoms with Gasteiger partial charge < -0.3 is 10.1 Å². The van der Waals surface area contributed by atoms with Crippen LogP contribution in [0.15, 0.2) is 18.3 Å². The van der Waals surface area contributed by atoms with Crippen LogP contribution >= 0.6 is 0 Å². The van der Waals surface area contributed by atoms with E-state index in [0.29, 0.717) is 30.0 Å². The van der Waals surface area contributed by atoms with Crippen molar-refractivity contribution in [2.45, 2.75) is 19.4 Å². The van der Waals surface area contributed by atoms with Gasteiger partial charge in [0, 0.05) is 37.3 Å². The number of hydrogen-bond acceptors (Lipinski definition) is 5. The Balaban J connectivity index is 1.64. The third-order valence-corrected chi connectivity index (χ3v) is 4.09.